The summed E-state index contributed by atoms with van der Waals surface area (Å²) in [5.74, 6) is 0.0464. The van der Waals surface area contributed by atoms with E-state index in [0.717, 1.165) is 24.9 Å². The summed E-state index contributed by atoms with van der Waals surface area (Å²) in [6, 6.07) is 0.368. The smallest absolute Gasteiger partial charge is 0.236 e. The number of carbonyl (C=O) groups excluding carboxylic acids is 2. The normalized spacial score (nSPS) is 20.5. The van der Waals surface area contributed by atoms with Gasteiger partial charge in [-0.05, 0) is 39.2 Å². The van der Waals surface area contributed by atoms with Gasteiger partial charge in [-0.3, -0.25) is 14.3 Å². The lowest BCUT2D eigenvalue weighted by atomic mass is 10.1. The Morgan fingerprint density at radius 3 is 2.79 bits per heavy atom. The van der Waals surface area contributed by atoms with Gasteiger partial charge in [0, 0.05) is 38.3 Å². The van der Waals surface area contributed by atoms with Gasteiger partial charge in [0.15, 0.2) is 0 Å². The van der Waals surface area contributed by atoms with Crippen LogP contribution in [-0.2, 0) is 9.59 Å². The second-order valence-electron chi connectivity index (χ2n) is 6.79. The zero-order valence-corrected chi connectivity index (χ0v) is 15.1. The van der Waals surface area contributed by atoms with Crippen molar-refractivity contribution in [2.75, 3.05) is 19.6 Å². The van der Waals surface area contributed by atoms with Gasteiger partial charge in [-0.1, -0.05) is 0 Å². The van der Waals surface area contributed by atoms with Crippen LogP contribution in [-0.4, -0.2) is 58.2 Å². The summed E-state index contributed by atoms with van der Waals surface area (Å²) in [6.45, 7) is 9.34. The molecule has 1 aliphatic rings. The van der Waals surface area contributed by atoms with E-state index in [2.05, 4.69) is 29.6 Å². The minimum atomic E-state index is -0.0376. The number of nitrogens with one attached hydrogen (secondary N) is 2. The van der Waals surface area contributed by atoms with E-state index in [1.165, 1.54) is 6.92 Å². The van der Waals surface area contributed by atoms with Gasteiger partial charge in [-0.15, -0.1) is 0 Å². The molecule has 1 fully saturated rings. The number of amides is 2. The van der Waals surface area contributed by atoms with E-state index in [0.29, 0.717) is 13.1 Å². The average Bonchev–Trinajstić information content (AvgIpc) is 2.97. The largest absolute Gasteiger partial charge is 0.352 e. The van der Waals surface area contributed by atoms with Gasteiger partial charge in [0.1, 0.15) is 0 Å². The molecule has 0 aromatic carbocycles. The van der Waals surface area contributed by atoms with Crippen LogP contribution in [0.15, 0.2) is 12.4 Å². The Balaban J connectivity index is 1.80. The highest BCUT2D eigenvalue weighted by atomic mass is 16.2. The number of likely N-dealkylation sites (tertiary alicyclic amines) is 1. The number of hydrogen-bond acceptors (Lipinski definition) is 4. The van der Waals surface area contributed by atoms with Crippen LogP contribution in [0.3, 0.4) is 0 Å². The Morgan fingerprint density at radius 1 is 1.42 bits per heavy atom. The van der Waals surface area contributed by atoms with Crippen LogP contribution >= 0.6 is 0 Å². The molecule has 7 heteroatoms. The summed E-state index contributed by atoms with van der Waals surface area (Å²) in [7, 11) is 0. The van der Waals surface area contributed by atoms with Crippen molar-refractivity contribution >= 4 is 11.8 Å². The Bertz CT molecular complexity index is 571. The molecule has 2 N–H and O–H groups in total. The maximum atomic E-state index is 12.4. The molecule has 1 aromatic heterocycles. The number of rotatable bonds is 6. The monoisotopic (exact) mass is 335 g/mol. The van der Waals surface area contributed by atoms with Crippen molar-refractivity contribution in [3.05, 3.63) is 18.0 Å². The van der Waals surface area contributed by atoms with E-state index in [1.807, 2.05) is 28.9 Å². The van der Waals surface area contributed by atoms with Crippen molar-refractivity contribution in [3.8, 4) is 0 Å². The minimum Gasteiger partial charge on any atom is -0.352 e. The Labute approximate surface area is 143 Å². The highest BCUT2D eigenvalue weighted by Crippen LogP contribution is 2.12. The lowest BCUT2D eigenvalue weighted by Crippen LogP contribution is -2.51. The molecule has 1 aromatic rings. The molecule has 3 atom stereocenters. The van der Waals surface area contributed by atoms with Crippen LogP contribution in [0.1, 0.15) is 45.2 Å². The Kier molecular flexibility index (Phi) is 6.36. The zero-order valence-electron chi connectivity index (χ0n) is 15.1. The third kappa shape index (κ3) is 5.06. The van der Waals surface area contributed by atoms with Crippen molar-refractivity contribution in [2.24, 2.45) is 0 Å². The number of carbonyl (C=O) groups is 2. The summed E-state index contributed by atoms with van der Waals surface area (Å²) in [5.41, 5.74) is 1.13. The first kappa shape index (κ1) is 18.4. The fourth-order valence-electron chi connectivity index (χ4n) is 3.02. The van der Waals surface area contributed by atoms with Crippen LogP contribution in [0.25, 0.3) is 0 Å². The summed E-state index contributed by atoms with van der Waals surface area (Å²) in [6.07, 6.45) is 5.70. The molecule has 2 heterocycles. The van der Waals surface area contributed by atoms with Crippen LogP contribution in [0, 0.1) is 6.92 Å². The summed E-state index contributed by atoms with van der Waals surface area (Å²) in [5, 5.41) is 10.5. The minimum absolute atomic E-state index is 0.0376. The first-order chi connectivity index (χ1) is 11.4. The first-order valence-corrected chi connectivity index (χ1v) is 8.66. The SMILES string of the molecule is CC(=O)N[C@@H]1CCCN(C(=O)CN[C@@H](C)[C@H](C)n2cc(C)cn2)C1. The van der Waals surface area contributed by atoms with Gasteiger partial charge in [0.25, 0.3) is 0 Å². The summed E-state index contributed by atoms with van der Waals surface area (Å²) < 4.78 is 1.92. The van der Waals surface area contributed by atoms with Crippen LogP contribution in [0.2, 0.25) is 0 Å². The molecule has 134 valence electrons. The average molecular weight is 335 g/mol. The number of nitrogens with zero attached hydrogens (tertiary/aromatic N) is 3. The van der Waals surface area contributed by atoms with E-state index in [1.54, 1.807) is 0 Å². The maximum Gasteiger partial charge on any atom is 0.236 e. The van der Waals surface area contributed by atoms with Crippen LogP contribution in [0.5, 0.6) is 0 Å². The quantitative estimate of drug-likeness (QED) is 0.808. The van der Waals surface area contributed by atoms with Gasteiger partial charge < -0.3 is 15.5 Å². The number of piperidine rings is 1. The van der Waals surface area contributed by atoms with E-state index in [-0.39, 0.29) is 29.9 Å². The second-order valence-corrected chi connectivity index (χ2v) is 6.79. The molecule has 0 radical (unpaired) electrons. The van der Waals surface area contributed by atoms with Crippen molar-refractivity contribution in [1.29, 1.82) is 0 Å². The molecule has 2 amide bonds. The van der Waals surface area contributed by atoms with Gasteiger partial charge in [0.2, 0.25) is 11.8 Å². The third-order valence-corrected chi connectivity index (χ3v) is 4.63. The predicted molar refractivity (Wildman–Crippen MR) is 92.6 cm³/mol. The predicted octanol–water partition coefficient (Wildman–Crippen LogP) is 0.858. The van der Waals surface area contributed by atoms with E-state index < -0.39 is 0 Å². The van der Waals surface area contributed by atoms with E-state index in [4.69, 9.17) is 0 Å². The van der Waals surface area contributed by atoms with Crippen LogP contribution in [0.4, 0.5) is 0 Å². The standard InChI is InChI=1S/C17H29N5O2/c1-12-8-19-22(10-12)14(3)13(2)18-9-17(24)21-7-5-6-16(11-21)20-15(4)23/h8,10,13-14,16,18H,5-7,9,11H2,1-4H3,(H,20,23)/t13-,14-,16+/m0/s1. The molecule has 0 aliphatic carbocycles. The Morgan fingerprint density at radius 2 is 2.17 bits per heavy atom. The van der Waals surface area contributed by atoms with Crippen molar-refractivity contribution in [2.45, 2.75) is 58.7 Å². The molecular weight excluding hydrogens is 306 g/mol. The van der Waals surface area contributed by atoms with Crippen molar-refractivity contribution in [3.63, 3.8) is 0 Å². The van der Waals surface area contributed by atoms with Gasteiger partial charge in [-0.2, -0.15) is 5.10 Å². The second kappa shape index (κ2) is 8.28. The van der Waals surface area contributed by atoms with E-state index >= 15 is 0 Å². The van der Waals surface area contributed by atoms with Gasteiger partial charge in [0.05, 0.1) is 18.8 Å². The number of aromatic nitrogens is 2. The third-order valence-electron chi connectivity index (χ3n) is 4.63. The molecule has 7 nitrogen and oxygen atoms in total. The number of hydrogen-bond donors (Lipinski definition) is 2. The zero-order chi connectivity index (χ0) is 17.7. The molecule has 1 aliphatic heterocycles. The lowest BCUT2D eigenvalue weighted by Gasteiger charge is -2.33. The summed E-state index contributed by atoms with van der Waals surface area (Å²) in [4.78, 5) is 25.4. The molecule has 0 bridgehead atoms. The number of aryl methyl sites for hydroxylation is 1. The Hall–Kier alpha value is -1.89. The maximum absolute atomic E-state index is 12.4. The topological polar surface area (TPSA) is 79.3 Å². The fraction of sp³-hybridized carbons (Fsp3) is 0.706. The molecular formula is C17H29N5O2. The lowest BCUT2D eigenvalue weighted by molar-refractivity contribution is -0.132. The van der Waals surface area contributed by atoms with Gasteiger partial charge in [-0.25, -0.2) is 0 Å². The molecule has 0 saturated carbocycles. The highest BCUT2D eigenvalue weighted by Gasteiger charge is 2.24. The molecule has 1 saturated heterocycles. The molecule has 2 rings (SSSR count). The van der Waals surface area contributed by atoms with Crippen molar-refractivity contribution in [1.82, 2.24) is 25.3 Å². The highest BCUT2D eigenvalue weighted by molar-refractivity contribution is 5.78. The fourth-order valence-corrected chi connectivity index (χ4v) is 3.02. The van der Waals surface area contributed by atoms with Crippen LogP contribution < -0.4 is 10.6 Å². The molecule has 24 heavy (non-hydrogen) atoms. The first-order valence-electron chi connectivity index (χ1n) is 8.66. The van der Waals surface area contributed by atoms with Gasteiger partial charge >= 0.3 is 0 Å². The van der Waals surface area contributed by atoms with Crippen molar-refractivity contribution < 1.29 is 9.59 Å². The molecule has 0 unspecified atom stereocenters. The summed E-state index contributed by atoms with van der Waals surface area (Å²) >= 11 is 0. The van der Waals surface area contributed by atoms with E-state index in [9.17, 15) is 9.59 Å². The molecule has 0 spiro atoms.